The van der Waals surface area contributed by atoms with E-state index in [0.717, 1.165) is 34.0 Å². The monoisotopic (exact) mass is 477 g/mol. The number of aryl methyl sites for hydroxylation is 1. The van der Waals surface area contributed by atoms with Gasteiger partial charge in [-0.25, -0.2) is 0 Å². The summed E-state index contributed by atoms with van der Waals surface area (Å²) in [6, 6.07) is 23.3. The Balaban J connectivity index is 1.49. The maximum atomic E-state index is 12.6. The number of para-hydroxylation sites is 1. The zero-order valence-electron chi connectivity index (χ0n) is 18.4. The van der Waals surface area contributed by atoms with E-state index < -0.39 is 0 Å². The molecular weight excluding hydrogens is 454 g/mol. The number of thioether (sulfide) groups is 1. The van der Waals surface area contributed by atoms with Gasteiger partial charge in [0.1, 0.15) is 0 Å². The Labute approximate surface area is 202 Å². The number of nitrogens with one attached hydrogen (secondary N) is 2. The summed E-state index contributed by atoms with van der Waals surface area (Å²) in [7, 11) is 0. The third kappa shape index (κ3) is 5.74. The molecule has 0 saturated carbocycles. The Hall–Kier alpha value is -3.29. The van der Waals surface area contributed by atoms with Crippen LogP contribution in [0.25, 0.3) is 5.69 Å². The molecule has 3 aromatic carbocycles. The lowest BCUT2D eigenvalue weighted by atomic mass is 10.1. The van der Waals surface area contributed by atoms with Gasteiger partial charge in [0.2, 0.25) is 5.91 Å². The molecule has 4 aromatic rings. The molecule has 0 atom stereocenters. The van der Waals surface area contributed by atoms with Crippen LogP contribution in [0.4, 0.5) is 11.4 Å². The molecule has 0 spiro atoms. The number of carbonyl (C=O) groups excluding carboxylic acids is 1. The molecule has 1 aromatic heterocycles. The van der Waals surface area contributed by atoms with Crippen LogP contribution in [0, 0.1) is 13.8 Å². The molecule has 0 radical (unpaired) electrons. The molecule has 1 amide bonds. The van der Waals surface area contributed by atoms with Gasteiger partial charge in [0.15, 0.2) is 11.0 Å². The number of carbonyl (C=O) groups is 1. The van der Waals surface area contributed by atoms with Gasteiger partial charge in [-0.1, -0.05) is 53.7 Å². The average Bonchev–Trinajstić information content (AvgIpc) is 3.24. The Kier molecular flexibility index (Phi) is 7.32. The third-order valence-electron chi connectivity index (χ3n) is 5.22. The van der Waals surface area contributed by atoms with Gasteiger partial charge in [0.25, 0.3) is 0 Å². The maximum absolute atomic E-state index is 12.6. The van der Waals surface area contributed by atoms with Crippen molar-refractivity contribution >= 4 is 40.6 Å². The second-order valence-electron chi connectivity index (χ2n) is 7.51. The Morgan fingerprint density at radius 3 is 2.48 bits per heavy atom. The molecule has 6 nitrogen and oxygen atoms in total. The van der Waals surface area contributed by atoms with Gasteiger partial charge in [0, 0.05) is 22.1 Å². The molecule has 0 aliphatic rings. The summed E-state index contributed by atoms with van der Waals surface area (Å²) < 4.78 is 1.97. The smallest absolute Gasteiger partial charge is 0.234 e. The van der Waals surface area contributed by atoms with Gasteiger partial charge in [-0.15, -0.1) is 10.2 Å². The quantitative estimate of drug-likeness (QED) is 0.310. The molecule has 33 heavy (non-hydrogen) atoms. The number of hydrogen-bond acceptors (Lipinski definition) is 5. The number of aromatic nitrogens is 3. The van der Waals surface area contributed by atoms with E-state index in [9.17, 15) is 4.79 Å². The molecular formula is C25H24ClN5OS. The fourth-order valence-corrected chi connectivity index (χ4v) is 4.19. The Bertz CT molecular complexity index is 1240. The standard InChI is InChI=1S/C25H24ClN5OS/c1-17-7-6-10-22(18(17)2)28-24(32)16-33-25-30-29-23(31(25)21-8-4-3-5-9-21)15-27-20-13-11-19(26)12-14-20/h3-14,27H,15-16H2,1-2H3,(H,28,32). The summed E-state index contributed by atoms with van der Waals surface area (Å²) in [5.74, 6) is 0.883. The first-order valence-corrected chi connectivity index (χ1v) is 11.9. The van der Waals surface area contributed by atoms with Gasteiger partial charge in [-0.05, 0) is 67.4 Å². The van der Waals surface area contributed by atoms with E-state index in [4.69, 9.17) is 11.6 Å². The highest BCUT2D eigenvalue weighted by Gasteiger charge is 2.16. The minimum Gasteiger partial charge on any atom is -0.378 e. The van der Waals surface area contributed by atoms with Crippen LogP contribution in [0.5, 0.6) is 0 Å². The normalized spacial score (nSPS) is 10.8. The van der Waals surface area contributed by atoms with E-state index in [-0.39, 0.29) is 11.7 Å². The first-order chi connectivity index (χ1) is 16.0. The van der Waals surface area contributed by atoms with Crippen molar-refractivity contribution in [2.75, 3.05) is 16.4 Å². The van der Waals surface area contributed by atoms with Crippen LogP contribution in [0.15, 0.2) is 78.0 Å². The SMILES string of the molecule is Cc1cccc(NC(=O)CSc2nnc(CNc3ccc(Cl)cc3)n2-c2ccccc2)c1C. The van der Waals surface area contributed by atoms with Gasteiger partial charge in [-0.3, -0.25) is 9.36 Å². The molecule has 0 saturated heterocycles. The van der Waals surface area contributed by atoms with Crippen molar-refractivity contribution in [1.29, 1.82) is 0 Å². The summed E-state index contributed by atoms with van der Waals surface area (Å²) in [6.07, 6.45) is 0. The van der Waals surface area contributed by atoms with Gasteiger partial charge < -0.3 is 10.6 Å². The Morgan fingerprint density at radius 2 is 1.73 bits per heavy atom. The van der Waals surface area contributed by atoms with Crippen LogP contribution in [-0.2, 0) is 11.3 Å². The second kappa shape index (κ2) is 10.6. The van der Waals surface area contributed by atoms with Crippen molar-refractivity contribution in [3.05, 3.63) is 94.8 Å². The van der Waals surface area contributed by atoms with E-state index in [1.54, 1.807) is 0 Å². The average molecular weight is 478 g/mol. The van der Waals surface area contributed by atoms with E-state index in [2.05, 4.69) is 20.8 Å². The second-order valence-corrected chi connectivity index (χ2v) is 8.89. The first kappa shape index (κ1) is 22.9. The molecule has 0 fully saturated rings. The summed E-state index contributed by atoms with van der Waals surface area (Å²) in [5.41, 5.74) is 4.91. The van der Waals surface area contributed by atoms with Crippen LogP contribution in [0.1, 0.15) is 17.0 Å². The lowest BCUT2D eigenvalue weighted by Gasteiger charge is -2.12. The van der Waals surface area contributed by atoms with Gasteiger partial charge in [-0.2, -0.15) is 0 Å². The molecule has 0 unspecified atom stereocenters. The van der Waals surface area contributed by atoms with Gasteiger partial charge in [0.05, 0.1) is 12.3 Å². The highest BCUT2D eigenvalue weighted by molar-refractivity contribution is 7.99. The predicted octanol–water partition coefficient (Wildman–Crippen LogP) is 5.88. The molecule has 0 bridgehead atoms. The summed E-state index contributed by atoms with van der Waals surface area (Å²) in [4.78, 5) is 12.6. The first-order valence-electron chi connectivity index (χ1n) is 10.5. The number of anilines is 2. The predicted molar refractivity (Wildman–Crippen MR) is 135 cm³/mol. The molecule has 2 N–H and O–H groups in total. The molecule has 8 heteroatoms. The lowest BCUT2D eigenvalue weighted by Crippen LogP contribution is -2.16. The van der Waals surface area contributed by atoms with Crippen LogP contribution >= 0.6 is 23.4 Å². The Morgan fingerprint density at radius 1 is 0.970 bits per heavy atom. The third-order valence-corrected chi connectivity index (χ3v) is 6.40. The lowest BCUT2D eigenvalue weighted by molar-refractivity contribution is -0.113. The minimum absolute atomic E-state index is 0.0860. The van der Waals surface area contributed by atoms with Crippen molar-refractivity contribution in [2.45, 2.75) is 25.5 Å². The number of hydrogen-bond donors (Lipinski definition) is 2. The van der Waals surface area contributed by atoms with Crippen molar-refractivity contribution in [3.8, 4) is 5.69 Å². The van der Waals surface area contributed by atoms with Crippen molar-refractivity contribution < 1.29 is 4.79 Å². The molecule has 0 aliphatic heterocycles. The van der Waals surface area contributed by atoms with E-state index in [0.29, 0.717) is 16.7 Å². The number of amides is 1. The van der Waals surface area contributed by atoms with E-state index in [1.807, 2.05) is 91.2 Å². The fraction of sp³-hybridized carbons (Fsp3) is 0.160. The zero-order valence-corrected chi connectivity index (χ0v) is 20.0. The van der Waals surface area contributed by atoms with E-state index in [1.165, 1.54) is 11.8 Å². The van der Waals surface area contributed by atoms with E-state index >= 15 is 0 Å². The summed E-state index contributed by atoms with van der Waals surface area (Å²) in [6.45, 7) is 4.50. The largest absolute Gasteiger partial charge is 0.378 e. The number of halogens is 1. The molecule has 4 rings (SSSR count). The highest BCUT2D eigenvalue weighted by atomic mass is 35.5. The van der Waals surface area contributed by atoms with Crippen LogP contribution in [0.3, 0.4) is 0 Å². The molecule has 0 aliphatic carbocycles. The van der Waals surface area contributed by atoms with Crippen molar-refractivity contribution in [1.82, 2.24) is 14.8 Å². The van der Waals surface area contributed by atoms with Crippen LogP contribution in [-0.4, -0.2) is 26.4 Å². The van der Waals surface area contributed by atoms with Crippen LogP contribution in [0.2, 0.25) is 5.02 Å². The topological polar surface area (TPSA) is 71.8 Å². The summed E-state index contributed by atoms with van der Waals surface area (Å²) >= 11 is 7.33. The number of benzene rings is 3. The minimum atomic E-state index is -0.0860. The summed E-state index contributed by atoms with van der Waals surface area (Å²) in [5, 5.41) is 16.4. The number of nitrogens with zero attached hydrogens (tertiary/aromatic N) is 3. The van der Waals surface area contributed by atoms with Crippen molar-refractivity contribution in [3.63, 3.8) is 0 Å². The molecule has 1 heterocycles. The molecule has 168 valence electrons. The highest BCUT2D eigenvalue weighted by Crippen LogP contribution is 2.24. The fourth-order valence-electron chi connectivity index (χ4n) is 3.30. The van der Waals surface area contributed by atoms with Gasteiger partial charge >= 0.3 is 0 Å². The van der Waals surface area contributed by atoms with Crippen LogP contribution < -0.4 is 10.6 Å². The van der Waals surface area contributed by atoms with Crippen molar-refractivity contribution in [2.24, 2.45) is 0 Å². The maximum Gasteiger partial charge on any atom is 0.234 e. The number of rotatable bonds is 8. The zero-order chi connectivity index (χ0) is 23.2.